The van der Waals surface area contributed by atoms with Gasteiger partial charge in [0.1, 0.15) is 17.7 Å². The van der Waals surface area contributed by atoms with Crippen molar-refractivity contribution < 1.29 is 8.81 Å². The van der Waals surface area contributed by atoms with Crippen molar-refractivity contribution in [3.63, 3.8) is 0 Å². The van der Waals surface area contributed by atoms with Crippen molar-refractivity contribution >= 4 is 5.82 Å². The molecular formula is C21H18FN5O. The fourth-order valence-electron chi connectivity index (χ4n) is 4.18. The van der Waals surface area contributed by atoms with E-state index in [0.29, 0.717) is 22.9 Å². The van der Waals surface area contributed by atoms with Gasteiger partial charge in [-0.25, -0.2) is 9.37 Å². The largest absolute Gasteiger partial charge is 0.420 e. The second-order valence-electron chi connectivity index (χ2n) is 7.58. The van der Waals surface area contributed by atoms with Gasteiger partial charge in [-0.05, 0) is 55.0 Å². The van der Waals surface area contributed by atoms with E-state index in [9.17, 15) is 4.39 Å². The first-order valence-electron chi connectivity index (χ1n) is 9.37. The lowest BCUT2D eigenvalue weighted by molar-refractivity contribution is 0.352. The Bertz CT molecular complexity index is 1050. The van der Waals surface area contributed by atoms with Crippen molar-refractivity contribution in [1.82, 2.24) is 15.2 Å². The maximum absolute atomic E-state index is 13.4. The summed E-state index contributed by atoms with van der Waals surface area (Å²) >= 11 is 0. The Morgan fingerprint density at radius 1 is 1.18 bits per heavy atom. The van der Waals surface area contributed by atoms with E-state index in [1.165, 1.54) is 12.1 Å². The van der Waals surface area contributed by atoms with Crippen LogP contribution in [0.15, 0.2) is 47.0 Å². The fraction of sp³-hybridized carbons (Fsp3) is 0.333. The summed E-state index contributed by atoms with van der Waals surface area (Å²) in [6.45, 7) is 1.83. The number of piperidine rings is 1. The van der Waals surface area contributed by atoms with Crippen LogP contribution in [0.4, 0.5) is 10.2 Å². The molecular weight excluding hydrogens is 357 g/mol. The number of pyridine rings is 1. The number of hydrogen-bond acceptors (Lipinski definition) is 6. The normalized spacial score (nSPS) is 20.1. The van der Waals surface area contributed by atoms with E-state index in [0.717, 1.165) is 38.2 Å². The van der Waals surface area contributed by atoms with Gasteiger partial charge in [0.2, 0.25) is 11.8 Å². The van der Waals surface area contributed by atoms with Crippen molar-refractivity contribution in [1.29, 1.82) is 5.26 Å². The molecule has 28 heavy (non-hydrogen) atoms. The molecule has 3 aromatic rings. The van der Waals surface area contributed by atoms with Crippen molar-refractivity contribution in [2.75, 3.05) is 18.0 Å². The molecule has 1 aliphatic carbocycles. The minimum Gasteiger partial charge on any atom is -0.420 e. The van der Waals surface area contributed by atoms with Crippen LogP contribution in [0.5, 0.6) is 0 Å². The molecule has 1 saturated carbocycles. The van der Waals surface area contributed by atoms with Crippen molar-refractivity contribution in [3.05, 3.63) is 59.9 Å². The van der Waals surface area contributed by atoms with Crippen LogP contribution >= 0.6 is 0 Å². The monoisotopic (exact) mass is 375 g/mol. The predicted octanol–water partition coefficient (Wildman–Crippen LogP) is 3.92. The maximum Gasteiger partial charge on any atom is 0.247 e. The van der Waals surface area contributed by atoms with Gasteiger partial charge in [0.25, 0.3) is 0 Å². The van der Waals surface area contributed by atoms with Crippen LogP contribution in [0, 0.1) is 22.6 Å². The van der Waals surface area contributed by atoms with Gasteiger partial charge in [-0.1, -0.05) is 6.07 Å². The molecule has 6 nitrogen and oxygen atoms in total. The van der Waals surface area contributed by atoms with Crippen molar-refractivity contribution in [2.45, 2.75) is 25.2 Å². The Morgan fingerprint density at radius 3 is 2.75 bits per heavy atom. The van der Waals surface area contributed by atoms with E-state index in [4.69, 9.17) is 9.68 Å². The fourth-order valence-corrected chi connectivity index (χ4v) is 4.18. The standard InChI is InChI=1S/C21H18FN5O/c22-16-3-1-2-15(10-16)19-25-26-20(28-19)17-11-21(17)6-8-27(9-7-21)18-5-4-14(12-23)13-24-18/h1-5,10,13,17H,6-9,11H2/t17-/m1/s1. The predicted molar refractivity (Wildman–Crippen MR) is 99.9 cm³/mol. The van der Waals surface area contributed by atoms with E-state index in [1.807, 2.05) is 6.07 Å². The quantitative estimate of drug-likeness (QED) is 0.690. The topological polar surface area (TPSA) is 78.8 Å². The van der Waals surface area contributed by atoms with Gasteiger partial charge < -0.3 is 9.32 Å². The Labute approximate surface area is 161 Å². The number of aromatic nitrogens is 3. The molecule has 140 valence electrons. The third-order valence-corrected chi connectivity index (χ3v) is 5.96. The zero-order valence-electron chi connectivity index (χ0n) is 15.2. The molecule has 2 aromatic heterocycles. The summed E-state index contributed by atoms with van der Waals surface area (Å²) in [7, 11) is 0. The first-order valence-corrected chi connectivity index (χ1v) is 9.37. The molecule has 1 aliphatic heterocycles. The lowest BCUT2D eigenvalue weighted by atomic mass is 9.91. The summed E-state index contributed by atoms with van der Waals surface area (Å²) in [5, 5.41) is 17.2. The molecule has 7 heteroatoms. The van der Waals surface area contributed by atoms with Gasteiger partial charge in [0.15, 0.2) is 0 Å². The molecule has 1 atom stereocenters. The summed E-state index contributed by atoms with van der Waals surface area (Å²) in [6, 6.07) is 12.0. The van der Waals surface area contributed by atoms with Crippen molar-refractivity contribution in [2.24, 2.45) is 5.41 Å². The Balaban J connectivity index is 1.26. The molecule has 0 bridgehead atoms. The zero-order valence-corrected chi connectivity index (χ0v) is 15.2. The summed E-state index contributed by atoms with van der Waals surface area (Å²) in [5.41, 5.74) is 1.40. The Kier molecular flexibility index (Phi) is 3.86. The smallest absolute Gasteiger partial charge is 0.247 e. The van der Waals surface area contributed by atoms with Crippen LogP contribution in [0.3, 0.4) is 0 Å². The molecule has 1 saturated heterocycles. The van der Waals surface area contributed by atoms with Crippen LogP contribution < -0.4 is 4.90 Å². The molecule has 1 spiro atoms. The minimum atomic E-state index is -0.316. The third kappa shape index (κ3) is 2.91. The molecule has 2 fully saturated rings. The number of nitrogens with zero attached hydrogens (tertiary/aromatic N) is 5. The summed E-state index contributed by atoms with van der Waals surface area (Å²) in [4.78, 5) is 6.65. The number of halogens is 1. The molecule has 0 amide bonds. The summed E-state index contributed by atoms with van der Waals surface area (Å²) < 4.78 is 19.3. The zero-order chi connectivity index (χ0) is 19.1. The van der Waals surface area contributed by atoms with E-state index in [-0.39, 0.29) is 17.2 Å². The number of anilines is 1. The second-order valence-corrected chi connectivity index (χ2v) is 7.58. The van der Waals surface area contributed by atoms with Gasteiger partial charge in [-0.3, -0.25) is 0 Å². The molecule has 0 radical (unpaired) electrons. The second kappa shape index (κ2) is 6.41. The SMILES string of the molecule is N#Cc1ccc(N2CCC3(CC2)C[C@@H]3c2nnc(-c3cccc(F)c3)o2)nc1. The van der Waals surface area contributed by atoms with Crippen LogP contribution in [-0.2, 0) is 0 Å². The highest BCUT2D eigenvalue weighted by Gasteiger charge is 2.58. The molecule has 0 unspecified atom stereocenters. The van der Waals surface area contributed by atoms with Gasteiger partial charge in [0, 0.05) is 30.8 Å². The molecule has 5 rings (SSSR count). The Morgan fingerprint density at radius 2 is 2.04 bits per heavy atom. The summed E-state index contributed by atoms with van der Waals surface area (Å²) in [5.74, 6) is 1.90. The lowest BCUT2D eigenvalue weighted by Crippen LogP contribution is -2.35. The Hall–Kier alpha value is -3.27. The van der Waals surface area contributed by atoms with Crippen LogP contribution in [0.2, 0.25) is 0 Å². The average molecular weight is 375 g/mol. The van der Waals surface area contributed by atoms with E-state index in [1.54, 1.807) is 24.4 Å². The number of benzene rings is 1. The molecule has 3 heterocycles. The molecule has 1 aromatic carbocycles. The first kappa shape index (κ1) is 16.9. The highest BCUT2D eigenvalue weighted by atomic mass is 19.1. The van der Waals surface area contributed by atoms with Crippen molar-refractivity contribution in [3.8, 4) is 17.5 Å². The number of nitriles is 1. The highest BCUT2D eigenvalue weighted by Crippen LogP contribution is 2.64. The van der Waals surface area contributed by atoms with Crippen LogP contribution in [-0.4, -0.2) is 28.3 Å². The van der Waals surface area contributed by atoms with Gasteiger partial charge in [0.05, 0.1) is 5.56 Å². The van der Waals surface area contributed by atoms with Gasteiger partial charge in [-0.15, -0.1) is 10.2 Å². The lowest BCUT2D eigenvalue weighted by Gasteiger charge is -2.33. The number of rotatable bonds is 3. The average Bonchev–Trinajstić information content (AvgIpc) is 3.20. The minimum absolute atomic E-state index is 0.217. The van der Waals surface area contributed by atoms with Gasteiger partial charge >= 0.3 is 0 Å². The molecule has 2 aliphatic rings. The first-order chi connectivity index (χ1) is 13.7. The van der Waals surface area contributed by atoms with E-state index in [2.05, 4.69) is 26.2 Å². The highest BCUT2D eigenvalue weighted by molar-refractivity contribution is 5.52. The maximum atomic E-state index is 13.4. The number of hydrogen-bond donors (Lipinski definition) is 0. The molecule has 0 N–H and O–H groups in total. The van der Waals surface area contributed by atoms with E-state index >= 15 is 0 Å². The van der Waals surface area contributed by atoms with Crippen LogP contribution in [0.1, 0.15) is 36.6 Å². The third-order valence-electron chi connectivity index (χ3n) is 5.96. The van der Waals surface area contributed by atoms with E-state index < -0.39 is 0 Å². The van der Waals surface area contributed by atoms with Crippen LogP contribution in [0.25, 0.3) is 11.5 Å². The van der Waals surface area contributed by atoms with Gasteiger partial charge in [-0.2, -0.15) is 5.26 Å². The summed E-state index contributed by atoms with van der Waals surface area (Å²) in [6.07, 6.45) is 4.74.